The van der Waals surface area contributed by atoms with Crippen LogP contribution in [0.3, 0.4) is 0 Å². The standard InChI is InChI=1S/C11H20N2O2P/c1-13(2,3)8-9-14-16-15-11-6-4-10(12)5-7-11/h4-7,16H,8-9,12H2,1-3H3/q+1. The maximum absolute atomic E-state index is 5.56. The predicted octanol–water partition coefficient (Wildman–Crippen LogP) is 1.88. The molecule has 0 heterocycles. The van der Waals surface area contributed by atoms with Crippen molar-refractivity contribution in [3.63, 3.8) is 0 Å². The number of hydrogen-bond donors (Lipinski definition) is 1. The van der Waals surface area contributed by atoms with Gasteiger partial charge in [-0.05, 0) is 24.3 Å². The first-order valence-corrected chi connectivity index (χ1v) is 5.99. The maximum atomic E-state index is 5.56. The highest BCUT2D eigenvalue weighted by Gasteiger charge is 2.05. The minimum Gasteiger partial charge on any atom is -0.450 e. The topological polar surface area (TPSA) is 44.5 Å². The molecule has 0 radical (unpaired) electrons. The van der Waals surface area contributed by atoms with E-state index < -0.39 is 0 Å². The molecular formula is C11H20N2O2P+. The van der Waals surface area contributed by atoms with E-state index in [1.165, 1.54) is 0 Å². The first-order valence-electron chi connectivity index (χ1n) is 5.17. The van der Waals surface area contributed by atoms with E-state index in [9.17, 15) is 0 Å². The molecule has 1 aromatic rings. The lowest BCUT2D eigenvalue weighted by molar-refractivity contribution is -0.870. The van der Waals surface area contributed by atoms with Gasteiger partial charge in [-0.25, -0.2) is 0 Å². The fourth-order valence-corrected chi connectivity index (χ4v) is 1.44. The number of rotatable bonds is 6. The van der Waals surface area contributed by atoms with Gasteiger partial charge in [-0.15, -0.1) is 0 Å². The molecule has 0 spiro atoms. The molecule has 1 unspecified atom stereocenters. The second-order valence-corrected chi connectivity index (χ2v) is 5.28. The fraction of sp³-hybridized carbons (Fsp3) is 0.455. The first-order chi connectivity index (χ1) is 7.47. The second kappa shape index (κ2) is 6.04. The van der Waals surface area contributed by atoms with Crippen LogP contribution < -0.4 is 10.3 Å². The Hall–Kier alpha value is -0.830. The summed E-state index contributed by atoms with van der Waals surface area (Å²) in [7, 11) is 6.44. The van der Waals surface area contributed by atoms with E-state index in [1.54, 1.807) is 0 Å². The van der Waals surface area contributed by atoms with Crippen molar-refractivity contribution in [3.8, 4) is 5.75 Å². The van der Waals surface area contributed by atoms with Crippen molar-refractivity contribution < 1.29 is 13.5 Å². The van der Waals surface area contributed by atoms with Crippen LogP contribution in [-0.2, 0) is 4.52 Å². The average molecular weight is 243 g/mol. The van der Waals surface area contributed by atoms with Gasteiger partial charge < -0.3 is 19.3 Å². The van der Waals surface area contributed by atoms with E-state index in [1.807, 2.05) is 24.3 Å². The van der Waals surface area contributed by atoms with E-state index in [0.29, 0.717) is 6.61 Å². The van der Waals surface area contributed by atoms with Gasteiger partial charge in [-0.1, -0.05) is 0 Å². The number of quaternary nitrogens is 1. The Morgan fingerprint density at radius 2 is 1.81 bits per heavy atom. The number of hydrogen-bond acceptors (Lipinski definition) is 3. The number of benzene rings is 1. The lowest BCUT2D eigenvalue weighted by atomic mass is 10.3. The van der Waals surface area contributed by atoms with Gasteiger partial charge in [0.1, 0.15) is 18.9 Å². The SMILES string of the molecule is C[N+](C)(C)CCOPOc1ccc(N)cc1. The monoisotopic (exact) mass is 243 g/mol. The molecule has 90 valence electrons. The van der Waals surface area contributed by atoms with Gasteiger partial charge in [0, 0.05) is 5.69 Å². The van der Waals surface area contributed by atoms with Gasteiger partial charge in [-0.3, -0.25) is 0 Å². The highest BCUT2D eigenvalue weighted by atomic mass is 31.1. The molecule has 16 heavy (non-hydrogen) atoms. The van der Waals surface area contributed by atoms with Crippen LogP contribution in [0.4, 0.5) is 5.69 Å². The zero-order chi connectivity index (χ0) is 12.0. The Morgan fingerprint density at radius 1 is 1.19 bits per heavy atom. The van der Waals surface area contributed by atoms with Crippen LogP contribution in [0.2, 0.25) is 0 Å². The van der Waals surface area contributed by atoms with Crippen molar-refractivity contribution in [1.29, 1.82) is 0 Å². The van der Waals surface area contributed by atoms with Gasteiger partial charge in [0.05, 0.1) is 21.1 Å². The molecule has 0 saturated heterocycles. The van der Waals surface area contributed by atoms with Crippen molar-refractivity contribution in [2.45, 2.75) is 0 Å². The predicted molar refractivity (Wildman–Crippen MR) is 68.6 cm³/mol. The zero-order valence-corrected chi connectivity index (χ0v) is 11.1. The number of nitrogen functional groups attached to an aromatic ring is 1. The Bertz CT molecular complexity index is 309. The largest absolute Gasteiger partial charge is 0.450 e. The molecule has 0 saturated carbocycles. The van der Waals surface area contributed by atoms with E-state index in [-0.39, 0.29) is 9.03 Å². The summed E-state index contributed by atoms with van der Waals surface area (Å²) in [5.41, 5.74) is 6.30. The molecule has 5 heteroatoms. The molecule has 1 atom stereocenters. The average Bonchev–Trinajstić information content (AvgIpc) is 2.19. The fourth-order valence-electron chi connectivity index (χ4n) is 0.975. The van der Waals surface area contributed by atoms with E-state index >= 15 is 0 Å². The van der Waals surface area contributed by atoms with Gasteiger partial charge in [-0.2, -0.15) is 0 Å². The molecule has 0 aliphatic heterocycles. The zero-order valence-electron chi connectivity index (χ0n) is 10.1. The quantitative estimate of drug-likeness (QED) is 0.359. The minimum absolute atomic E-state index is 0.0415. The Balaban J connectivity index is 2.14. The molecule has 0 aliphatic carbocycles. The van der Waals surface area contributed by atoms with E-state index in [0.717, 1.165) is 22.5 Å². The molecule has 1 aromatic carbocycles. The van der Waals surface area contributed by atoms with Crippen LogP contribution >= 0.6 is 9.03 Å². The molecule has 0 aliphatic rings. The third kappa shape index (κ3) is 5.91. The number of nitrogens with zero attached hydrogens (tertiary/aromatic N) is 1. The third-order valence-electron chi connectivity index (χ3n) is 1.96. The molecule has 4 nitrogen and oxygen atoms in total. The van der Waals surface area contributed by atoms with Crippen molar-refractivity contribution >= 4 is 14.7 Å². The highest BCUT2D eigenvalue weighted by Crippen LogP contribution is 2.22. The lowest BCUT2D eigenvalue weighted by Gasteiger charge is -2.23. The Labute approximate surface area is 98.9 Å². The summed E-state index contributed by atoms with van der Waals surface area (Å²) < 4.78 is 11.7. The minimum atomic E-state index is 0.0415. The maximum Gasteiger partial charge on any atom is 0.215 e. The van der Waals surface area contributed by atoms with Crippen molar-refractivity contribution in [2.75, 3.05) is 40.0 Å². The number of likely N-dealkylation sites (N-methyl/N-ethyl adjacent to an activating group) is 1. The number of nitrogens with two attached hydrogens (primary N) is 1. The van der Waals surface area contributed by atoms with Crippen LogP contribution in [0.25, 0.3) is 0 Å². The molecule has 0 amide bonds. The van der Waals surface area contributed by atoms with Gasteiger partial charge in [0.2, 0.25) is 9.03 Å². The van der Waals surface area contributed by atoms with Crippen molar-refractivity contribution in [2.24, 2.45) is 0 Å². The number of anilines is 1. The smallest absolute Gasteiger partial charge is 0.215 e. The van der Waals surface area contributed by atoms with Gasteiger partial charge in [0.15, 0.2) is 0 Å². The van der Waals surface area contributed by atoms with Gasteiger partial charge in [0.25, 0.3) is 0 Å². The van der Waals surface area contributed by atoms with Crippen LogP contribution in [-0.4, -0.2) is 38.8 Å². The highest BCUT2D eigenvalue weighted by molar-refractivity contribution is 7.26. The Kier molecular flexibility index (Phi) is 5.00. The molecule has 0 bridgehead atoms. The summed E-state index contributed by atoms with van der Waals surface area (Å²) in [5, 5.41) is 0. The summed E-state index contributed by atoms with van der Waals surface area (Å²) in [6.07, 6.45) is 0. The van der Waals surface area contributed by atoms with Crippen LogP contribution in [0.15, 0.2) is 24.3 Å². The third-order valence-corrected chi connectivity index (χ3v) is 2.60. The first kappa shape index (κ1) is 13.2. The van der Waals surface area contributed by atoms with Crippen molar-refractivity contribution in [3.05, 3.63) is 24.3 Å². The normalized spacial score (nSPS) is 12.2. The lowest BCUT2D eigenvalue weighted by Crippen LogP contribution is -2.37. The summed E-state index contributed by atoms with van der Waals surface area (Å²) in [5.74, 6) is 0.790. The van der Waals surface area contributed by atoms with Crippen LogP contribution in [0.1, 0.15) is 0 Å². The molecule has 2 N–H and O–H groups in total. The summed E-state index contributed by atoms with van der Waals surface area (Å²) in [4.78, 5) is 0. The van der Waals surface area contributed by atoms with Crippen molar-refractivity contribution in [1.82, 2.24) is 0 Å². The van der Waals surface area contributed by atoms with E-state index in [4.69, 9.17) is 14.8 Å². The second-order valence-electron chi connectivity index (χ2n) is 4.62. The summed E-state index contributed by atoms with van der Waals surface area (Å²) in [6, 6.07) is 7.30. The molecular weight excluding hydrogens is 223 g/mol. The summed E-state index contributed by atoms with van der Waals surface area (Å²) >= 11 is 0. The Morgan fingerprint density at radius 3 is 2.38 bits per heavy atom. The summed E-state index contributed by atoms with van der Waals surface area (Å²) in [6.45, 7) is 1.68. The molecule has 1 rings (SSSR count). The molecule has 0 aromatic heterocycles. The van der Waals surface area contributed by atoms with E-state index in [2.05, 4.69) is 21.1 Å². The van der Waals surface area contributed by atoms with Gasteiger partial charge >= 0.3 is 0 Å². The van der Waals surface area contributed by atoms with Crippen LogP contribution in [0.5, 0.6) is 5.75 Å². The molecule has 0 fully saturated rings. The van der Waals surface area contributed by atoms with Crippen LogP contribution in [0, 0.1) is 0 Å².